The van der Waals surface area contributed by atoms with Gasteiger partial charge in [-0.2, -0.15) is 0 Å². The number of carbonyl (C=O) groups is 3. The molecule has 120 valence electrons. The van der Waals surface area contributed by atoms with E-state index in [-0.39, 0.29) is 30.7 Å². The van der Waals surface area contributed by atoms with E-state index in [0.717, 1.165) is 6.42 Å². The first-order valence-corrected chi connectivity index (χ1v) is 7.36. The molecule has 0 aromatic heterocycles. The number of carbonyl (C=O) groups excluding carboxylic acids is 3. The minimum absolute atomic E-state index is 0.0578. The Labute approximate surface area is 130 Å². The van der Waals surface area contributed by atoms with Crippen LogP contribution in [0.5, 0.6) is 5.75 Å². The van der Waals surface area contributed by atoms with Gasteiger partial charge in [-0.1, -0.05) is 13.8 Å². The summed E-state index contributed by atoms with van der Waals surface area (Å²) < 4.78 is 5.29. The van der Waals surface area contributed by atoms with Crippen LogP contribution >= 0.6 is 0 Å². The molecule has 2 N–H and O–H groups in total. The molecular formula is C16H22N2O4. The van der Waals surface area contributed by atoms with Crippen molar-refractivity contribution in [3.05, 3.63) is 29.8 Å². The van der Waals surface area contributed by atoms with Crippen LogP contribution in [-0.2, 0) is 9.59 Å². The zero-order valence-electron chi connectivity index (χ0n) is 13.0. The van der Waals surface area contributed by atoms with Gasteiger partial charge in [0.2, 0.25) is 5.91 Å². The molecule has 0 atom stereocenters. The maximum atomic E-state index is 11.5. The third-order valence-corrected chi connectivity index (χ3v) is 2.89. The third-order valence-electron chi connectivity index (χ3n) is 2.89. The molecule has 0 aliphatic carbocycles. The lowest BCUT2D eigenvalue weighted by molar-refractivity contribution is -0.127. The van der Waals surface area contributed by atoms with E-state index in [1.54, 1.807) is 31.2 Å². The first-order chi connectivity index (χ1) is 10.6. The highest BCUT2D eigenvalue weighted by Crippen LogP contribution is 2.13. The van der Waals surface area contributed by atoms with Crippen LogP contribution in [0.2, 0.25) is 0 Å². The topological polar surface area (TPSA) is 84.5 Å². The van der Waals surface area contributed by atoms with Crippen molar-refractivity contribution < 1.29 is 19.1 Å². The molecule has 2 amide bonds. The second kappa shape index (κ2) is 9.55. The summed E-state index contributed by atoms with van der Waals surface area (Å²) in [6.45, 7) is 4.10. The molecule has 1 aromatic carbocycles. The zero-order chi connectivity index (χ0) is 16.4. The van der Waals surface area contributed by atoms with Crippen LogP contribution in [0.1, 0.15) is 37.0 Å². The highest BCUT2D eigenvalue weighted by molar-refractivity contribution is 5.95. The van der Waals surface area contributed by atoms with Crippen molar-refractivity contribution in [2.45, 2.75) is 26.7 Å². The van der Waals surface area contributed by atoms with Crippen molar-refractivity contribution in [1.82, 2.24) is 10.6 Å². The van der Waals surface area contributed by atoms with E-state index in [9.17, 15) is 14.4 Å². The predicted octanol–water partition coefficient (Wildman–Crippen LogP) is 1.30. The fourth-order valence-electron chi connectivity index (χ4n) is 1.65. The molecule has 0 saturated carbocycles. The Hall–Kier alpha value is -2.37. The number of amides is 2. The summed E-state index contributed by atoms with van der Waals surface area (Å²) in [5.74, 6) is -0.0430. The summed E-state index contributed by atoms with van der Waals surface area (Å²) >= 11 is 0. The van der Waals surface area contributed by atoms with E-state index in [1.165, 1.54) is 0 Å². The molecule has 0 radical (unpaired) electrons. The lowest BCUT2D eigenvalue weighted by atomic mass is 10.1. The van der Waals surface area contributed by atoms with Crippen molar-refractivity contribution in [2.75, 3.05) is 19.7 Å². The Bertz CT molecular complexity index is 511. The van der Waals surface area contributed by atoms with E-state index in [4.69, 9.17) is 4.74 Å². The molecule has 0 saturated heterocycles. The van der Waals surface area contributed by atoms with Crippen LogP contribution in [0.4, 0.5) is 0 Å². The van der Waals surface area contributed by atoms with Gasteiger partial charge in [0.25, 0.3) is 5.91 Å². The maximum Gasteiger partial charge on any atom is 0.258 e. The van der Waals surface area contributed by atoms with Crippen LogP contribution < -0.4 is 15.4 Å². The molecule has 0 heterocycles. The van der Waals surface area contributed by atoms with Crippen LogP contribution in [-0.4, -0.2) is 37.3 Å². The first-order valence-electron chi connectivity index (χ1n) is 7.36. The van der Waals surface area contributed by atoms with Crippen LogP contribution in [0, 0.1) is 0 Å². The van der Waals surface area contributed by atoms with Crippen molar-refractivity contribution in [1.29, 1.82) is 0 Å². The number of ketones is 1. The van der Waals surface area contributed by atoms with Gasteiger partial charge in [-0.15, -0.1) is 0 Å². The van der Waals surface area contributed by atoms with Crippen molar-refractivity contribution in [2.24, 2.45) is 0 Å². The molecule has 0 fully saturated rings. The molecule has 0 bridgehead atoms. The monoisotopic (exact) mass is 306 g/mol. The van der Waals surface area contributed by atoms with Crippen molar-refractivity contribution in [3.63, 3.8) is 0 Å². The standard InChI is InChI=1S/C16H22N2O4/c1-3-9-17-15(20)10-18-16(21)11-22-13-7-5-12(6-8-13)14(19)4-2/h5-8H,3-4,9-11H2,1-2H3,(H,17,20)(H,18,21). The summed E-state index contributed by atoms with van der Waals surface area (Å²) in [5, 5.41) is 5.13. The number of hydrogen-bond donors (Lipinski definition) is 2. The molecule has 0 spiro atoms. The summed E-state index contributed by atoms with van der Waals surface area (Å²) in [5.41, 5.74) is 0.617. The Morgan fingerprint density at radius 1 is 1.00 bits per heavy atom. The number of ether oxygens (including phenoxy) is 1. The molecule has 22 heavy (non-hydrogen) atoms. The van der Waals surface area contributed by atoms with Gasteiger partial charge in [-0.3, -0.25) is 14.4 Å². The summed E-state index contributed by atoms with van der Waals surface area (Å²) in [4.78, 5) is 34.3. The lowest BCUT2D eigenvalue weighted by Crippen LogP contribution is -2.39. The molecule has 6 nitrogen and oxygen atoms in total. The molecule has 6 heteroatoms. The highest BCUT2D eigenvalue weighted by Gasteiger charge is 2.07. The Morgan fingerprint density at radius 3 is 2.27 bits per heavy atom. The predicted molar refractivity (Wildman–Crippen MR) is 82.9 cm³/mol. The van der Waals surface area contributed by atoms with E-state index in [0.29, 0.717) is 24.3 Å². The normalized spacial score (nSPS) is 9.91. The minimum atomic E-state index is -0.375. The Morgan fingerprint density at radius 2 is 1.68 bits per heavy atom. The van der Waals surface area contributed by atoms with Gasteiger partial charge >= 0.3 is 0 Å². The summed E-state index contributed by atoms with van der Waals surface area (Å²) in [6, 6.07) is 6.61. The fraction of sp³-hybridized carbons (Fsp3) is 0.438. The van der Waals surface area contributed by atoms with E-state index < -0.39 is 0 Å². The highest BCUT2D eigenvalue weighted by atomic mass is 16.5. The van der Waals surface area contributed by atoms with Gasteiger partial charge in [0, 0.05) is 18.5 Å². The minimum Gasteiger partial charge on any atom is -0.484 e. The molecule has 0 aliphatic heterocycles. The van der Waals surface area contributed by atoms with E-state index in [1.807, 2.05) is 6.92 Å². The Kier molecular flexibility index (Phi) is 7.67. The van der Waals surface area contributed by atoms with Gasteiger partial charge in [-0.05, 0) is 30.7 Å². The quantitative estimate of drug-likeness (QED) is 0.674. The van der Waals surface area contributed by atoms with Gasteiger partial charge in [0.05, 0.1) is 6.54 Å². The summed E-state index contributed by atoms with van der Waals surface area (Å²) in [6.07, 6.45) is 1.29. The zero-order valence-corrected chi connectivity index (χ0v) is 13.0. The van der Waals surface area contributed by atoms with Crippen LogP contribution in [0.3, 0.4) is 0 Å². The lowest BCUT2D eigenvalue weighted by Gasteiger charge is -2.08. The largest absolute Gasteiger partial charge is 0.484 e. The van der Waals surface area contributed by atoms with Gasteiger partial charge in [0.15, 0.2) is 12.4 Å². The van der Waals surface area contributed by atoms with E-state index >= 15 is 0 Å². The molecular weight excluding hydrogens is 284 g/mol. The molecule has 0 unspecified atom stereocenters. The van der Waals surface area contributed by atoms with E-state index in [2.05, 4.69) is 10.6 Å². The smallest absolute Gasteiger partial charge is 0.258 e. The average molecular weight is 306 g/mol. The number of benzene rings is 1. The number of hydrogen-bond acceptors (Lipinski definition) is 4. The molecule has 1 aromatic rings. The number of rotatable bonds is 9. The molecule has 1 rings (SSSR count). The third kappa shape index (κ3) is 6.39. The second-order valence-corrected chi connectivity index (χ2v) is 4.72. The fourth-order valence-corrected chi connectivity index (χ4v) is 1.65. The second-order valence-electron chi connectivity index (χ2n) is 4.72. The molecule has 0 aliphatic rings. The van der Waals surface area contributed by atoms with Gasteiger partial charge in [0.1, 0.15) is 5.75 Å². The average Bonchev–Trinajstić information content (AvgIpc) is 2.55. The van der Waals surface area contributed by atoms with Crippen LogP contribution in [0.15, 0.2) is 24.3 Å². The van der Waals surface area contributed by atoms with Gasteiger partial charge < -0.3 is 15.4 Å². The Balaban J connectivity index is 2.32. The first kappa shape index (κ1) is 17.7. The maximum absolute atomic E-state index is 11.5. The summed E-state index contributed by atoms with van der Waals surface area (Å²) in [7, 11) is 0. The van der Waals surface area contributed by atoms with Gasteiger partial charge in [-0.25, -0.2) is 0 Å². The van der Waals surface area contributed by atoms with Crippen molar-refractivity contribution in [3.8, 4) is 5.75 Å². The number of Topliss-reactive ketones (excluding diaryl/α,β-unsaturated/α-hetero) is 1. The van der Waals surface area contributed by atoms with Crippen LogP contribution in [0.25, 0.3) is 0 Å². The van der Waals surface area contributed by atoms with Crippen molar-refractivity contribution >= 4 is 17.6 Å². The number of nitrogens with one attached hydrogen (secondary N) is 2. The SMILES string of the molecule is CCCNC(=O)CNC(=O)COc1ccc(C(=O)CC)cc1.